The summed E-state index contributed by atoms with van der Waals surface area (Å²) in [5.74, 6) is 0.980. The molecule has 0 bridgehead atoms. The van der Waals surface area contributed by atoms with Gasteiger partial charge in [0.2, 0.25) is 5.91 Å². The van der Waals surface area contributed by atoms with Crippen molar-refractivity contribution in [3.63, 3.8) is 0 Å². The fourth-order valence-electron chi connectivity index (χ4n) is 2.41. The monoisotopic (exact) mass is 300 g/mol. The minimum atomic E-state index is -0.213. The summed E-state index contributed by atoms with van der Waals surface area (Å²) in [6.45, 7) is 8.77. The molecule has 0 saturated carbocycles. The van der Waals surface area contributed by atoms with Gasteiger partial charge in [-0.05, 0) is 45.4 Å². The Kier molecular flexibility index (Phi) is 4.35. The molecular formula is C17H20N2O3. The predicted octanol–water partition coefficient (Wildman–Crippen LogP) is 3.72. The van der Waals surface area contributed by atoms with Gasteiger partial charge in [-0.1, -0.05) is 6.07 Å². The van der Waals surface area contributed by atoms with E-state index in [-0.39, 0.29) is 11.8 Å². The maximum atomic E-state index is 12.5. The molecule has 22 heavy (non-hydrogen) atoms. The molecule has 2 amide bonds. The molecule has 116 valence electrons. The highest BCUT2D eigenvalue weighted by Gasteiger charge is 2.19. The van der Waals surface area contributed by atoms with Gasteiger partial charge >= 0.3 is 0 Å². The lowest BCUT2D eigenvalue weighted by Gasteiger charge is -2.12. The van der Waals surface area contributed by atoms with E-state index in [0.717, 1.165) is 16.9 Å². The number of anilines is 2. The van der Waals surface area contributed by atoms with Crippen molar-refractivity contribution in [2.45, 2.75) is 34.6 Å². The van der Waals surface area contributed by atoms with E-state index in [4.69, 9.17) is 4.42 Å². The van der Waals surface area contributed by atoms with Crippen LogP contribution < -0.4 is 10.6 Å². The van der Waals surface area contributed by atoms with E-state index in [1.165, 1.54) is 6.92 Å². The number of furan rings is 1. The third-order valence-corrected chi connectivity index (χ3v) is 3.68. The molecule has 2 N–H and O–H groups in total. The van der Waals surface area contributed by atoms with Gasteiger partial charge < -0.3 is 15.1 Å². The summed E-state index contributed by atoms with van der Waals surface area (Å²) in [6.07, 6.45) is 0. The average Bonchev–Trinajstić information content (AvgIpc) is 2.67. The summed E-state index contributed by atoms with van der Waals surface area (Å²) in [6, 6.07) is 5.38. The lowest BCUT2D eigenvalue weighted by atomic mass is 10.1. The number of aryl methyl sites for hydroxylation is 2. The fraction of sp³-hybridized carbons (Fsp3) is 0.294. The molecule has 0 aliphatic rings. The van der Waals surface area contributed by atoms with E-state index < -0.39 is 0 Å². The largest absolute Gasteiger partial charge is 0.466 e. The van der Waals surface area contributed by atoms with Crippen LogP contribution in [-0.2, 0) is 4.79 Å². The predicted molar refractivity (Wildman–Crippen MR) is 86.4 cm³/mol. The second-order valence-corrected chi connectivity index (χ2v) is 5.33. The van der Waals surface area contributed by atoms with Crippen LogP contribution in [0.2, 0.25) is 0 Å². The number of hydrogen-bond donors (Lipinski definition) is 2. The van der Waals surface area contributed by atoms with Crippen LogP contribution in [0.25, 0.3) is 0 Å². The molecule has 0 saturated heterocycles. The summed E-state index contributed by atoms with van der Waals surface area (Å²) < 4.78 is 5.49. The van der Waals surface area contributed by atoms with E-state index in [0.29, 0.717) is 22.7 Å². The maximum absolute atomic E-state index is 12.5. The number of carbonyl (C=O) groups excluding carboxylic acids is 2. The van der Waals surface area contributed by atoms with Crippen molar-refractivity contribution in [3.05, 3.63) is 46.4 Å². The summed E-state index contributed by atoms with van der Waals surface area (Å²) >= 11 is 0. The highest BCUT2D eigenvalue weighted by molar-refractivity contribution is 6.07. The van der Waals surface area contributed by atoms with Crippen LogP contribution in [0.4, 0.5) is 11.4 Å². The Bertz CT molecular complexity index is 745. The van der Waals surface area contributed by atoms with Crippen molar-refractivity contribution in [1.82, 2.24) is 0 Å². The van der Waals surface area contributed by atoms with Crippen molar-refractivity contribution >= 4 is 23.2 Å². The maximum Gasteiger partial charge on any atom is 0.259 e. The zero-order chi connectivity index (χ0) is 16.4. The quantitative estimate of drug-likeness (QED) is 0.907. The lowest BCUT2D eigenvalue weighted by molar-refractivity contribution is -0.114. The molecule has 0 fully saturated rings. The van der Waals surface area contributed by atoms with Gasteiger partial charge in [-0.3, -0.25) is 9.59 Å². The molecule has 1 heterocycles. The van der Waals surface area contributed by atoms with E-state index in [9.17, 15) is 9.59 Å². The standard InChI is InChI=1S/C17H20N2O3/c1-9-11(3)22-12(4)16(9)17(21)19-15-8-6-7-14(10(15)2)18-13(5)20/h6-8H,1-5H3,(H,18,20)(H,19,21). The van der Waals surface area contributed by atoms with Crippen LogP contribution >= 0.6 is 0 Å². The Morgan fingerprint density at radius 1 is 0.909 bits per heavy atom. The van der Waals surface area contributed by atoms with Crippen molar-refractivity contribution in [1.29, 1.82) is 0 Å². The smallest absolute Gasteiger partial charge is 0.259 e. The van der Waals surface area contributed by atoms with Crippen LogP contribution in [0.1, 0.15) is 39.9 Å². The van der Waals surface area contributed by atoms with Crippen LogP contribution in [0.15, 0.2) is 22.6 Å². The molecule has 2 aromatic rings. The summed E-state index contributed by atoms with van der Waals surface area (Å²) in [5, 5.41) is 5.63. The SMILES string of the molecule is CC(=O)Nc1cccc(NC(=O)c2c(C)oc(C)c2C)c1C. The third kappa shape index (κ3) is 3.03. The molecule has 1 aromatic carbocycles. The summed E-state index contributed by atoms with van der Waals surface area (Å²) in [7, 11) is 0. The first-order valence-corrected chi connectivity index (χ1v) is 7.06. The van der Waals surface area contributed by atoms with Crippen LogP contribution in [-0.4, -0.2) is 11.8 Å². The van der Waals surface area contributed by atoms with Crippen molar-refractivity contribution < 1.29 is 14.0 Å². The van der Waals surface area contributed by atoms with Gasteiger partial charge in [-0.25, -0.2) is 0 Å². The Hall–Kier alpha value is -2.56. The molecule has 5 heteroatoms. The molecule has 0 aliphatic carbocycles. The third-order valence-electron chi connectivity index (χ3n) is 3.68. The second kappa shape index (κ2) is 6.05. The fourth-order valence-corrected chi connectivity index (χ4v) is 2.41. The average molecular weight is 300 g/mol. The van der Waals surface area contributed by atoms with E-state index in [1.54, 1.807) is 25.1 Å². The Labute approximate surface area is 129 Å². The Morgan fingerprint density at radius 3 is 2.00 bits per heavy atom. The molecule has 0 radical (unpaired) electrons. The first-order chi connectivity index (χ1) is 10.3. The van der Waals surface area contributed by atoms with Gasteiger partial charge in [-0.15, -0.1) is 0 Å². The molecule has 0 atom stereocenters. The van der Waals surface area contributed by atoms with E-state index in [1.807, 2.05) is 20.8 Å². The summed E-state index contributed by atoms with van der Waals surface area (Å²) in [5.41, 5.74) is 3.55. The number of carbonyl (C=O) groups is 2. The minimum Gasteiger partial charge on any atom is -0.466 e. The van der Waals surface area contributed by atoms with Crippen molar-refractivity contribution in [2.24, 2.45) is 0 Å². The number of nitrogens with one attached hydrogen (secondary N) is 2. The molecule has 2 rings (SSSR count). The normalized spacial score (nSPS) is 10.4. The molecular weight excluding hydrogens is 280 g/mol. The van der Waals surface area contributed by atoms with Crippen molar-refractivity contribution in [2.75, 3.05) is 10.6 Å². The van der Waals surface area contributed by atoms with Gasteiger partial charge in [-0.2, -0.15) is 0 Å². The molecule has 0 spiro atoms. The number of hydrogen-bond acceptors (Lipinski definition) is 3. The molecule has 0 unspecified atom stereocenters. The lowest BCUT2D eigenvalue weighted by Crippen LogP contribution is -2.15. The highest BCUT2D eigenvalue weighted by atomic mass is 16.3. The minimum absolute atomic E-state index is 0.149. The van der Waals surface area contributed by atoms with Crippen LogP contribution in [0.5, 0.6) is 0 Å². The molecule has 0 aliphatic heterocycles. The van der Waals surface area contributed by atoms with Gasteiger partial charge in [0.05, 0.1) is 5.56 Å². The van der Waals surface area contributed by atoms with Gasteiger partial charge in [0.25, 0.3) is 5.91 Å². The topological polar surface area (TPSA) is 71.3 Å². The van der Waals surface area contributed by atoms with Gasteiger partial charge in [0.1, 0.15) is 11.5 Å². The molecule has 1 aromatic heterocycles. The van der Waals surface area contributed by atoms with Crippen LogP contribution in [0.3, 0.4) is 0 Å². The van der Waals surface area contributed by atoms with Gasteiger partial charge in [0, 0.05) is 23.9 Å². The second-order valence-electron chi connectivity index (χ2n) is 5.33. The highest BCUT2D eigenvalue weighted by Crippen LogP contribution is 2.26. The zero-order valence-corrected chi connectivity index (χ0v) is 13.5. The Morgan fingerprint density at radius 2 is 1.50 bits per heavy atom. The van der Waals surface area contributed by atoms with E-state index >= 15 is 0 Å². The summed E-state index contributed by atoms with van der Waals surface area (Å²) in [4.78, 5) is 23.7. The number of benzene rings is 1. The van der Waals surface area contributed by atoms with Crippen molar-refractivity contribution in [3.8, 4) is 0 Å². The molecule has 5 nitrogen and oxygen atoms in total. The zero-order valence-electron chi connectivity index (χ0n) is 13.5. The number of amides is 2. The number of rotatable bonds is 3. The van der Waals surface area contributed by atoms with Crippen LogP contribution in [0, 0.1) is 27.7 Å². The van der Waals surface area contributed by atoms with Gasteiger partial charge in [0.15, 0.2) is 0 Å². The van der Waals surface area contributed by atoms with E-state index in [2.05, 4.69) is 10.6 Å². The first kappa shape index (κ1) is 15.8. The Balaban J connectivity index is 2.31. The first-order valence-electron chi connectivity index (χ1n) is 7.06.